The van der Waals surface area contributed by atoms with E-state index in [1.807, 2.05) is 0 Å². The second-order valence-corrected chi connectivity index (χ2v) is 4.69. The van der Waals surface area contributed by atoms with E-state index in [4.69, 9.17) is 10.5 Å². The van der Waals surface area contributed by atoms with E-state index in [0.29, 0.717) is 13.0 Å². The first-order valence-electron chi connectivity index (χ1n) is 6.69. The molecule has 7 nitrogen and oxygen atoms in total. The molecule has 1 aliphatic rings. The Kier molecular flexibility index (Phi) is 4.86. The Balaban J connectivity index is 2.05. The van der Waals surface area contributed by atoms with Crippen LogP contribution < -0.4 is 5.73 Å². The lowest BCUT2D eigenvalue weighted by Gasteiger charge is -2.15. The van der Waals surface area contributed by atoms with Crippen molar-refractivity contribution >= 4 is 5.97 Å². The third-order valence-corrected chi connectivity index (χ3v) is 3.42. The maximum Gasteiger partial charge on any atom is 0.360 e. The third-order valence-electron chi connectivity index (χ3n) is 3.42. The molecule has 2 heterocycles. The lowest BCUT2D eigenvalue weighted by atomic mass is 10.2. The summed E-state index contributed by atoms with van der Waals surface area (Å²) in [7, 11) is 1.35. The van der Waals surface area contributed by atoms with Crippen LogP contribution in [0.1, 0.15) is 29.0 Å². The van der Waals surface area contributed by atoms with Crippen molar-refractivity contribution in [3.05, 3.63) is 11.4 Å². The molecular weight excluding hydrogens is 246 g/mol. The number of rotatable bonds is 6. The maximum absolute atomic E-state index is 11.6. The third kappa shape index (κ3) is 3.30. The van der Waals surface area contributed by atoms with Crippen molar-refractivity contribution < 1.29 is 9.53 Å². The molecule has 1 aromatic heterocycles. The van der Waals surface area contributed by atoms with E-state index >= 15 is 0 Å². The SMILES string of the molecule is COC(=O)c1nnn(CCN2CCCC2)c1CCN. The highest BCUT2D eigenvalue weighted by atomic mass is 16.5. The number of esters is 1. The lowest BCUT2D eigenvalue weighted by molar-refractivity contribution is 0.0592. The molecule has 106 valence electrons. The van der Waals surface area contributed by atoms with Crippen molar-refractivity contribution in [2.24, 2.45) is 5.73 Å². The summed E-state index contributed by atoms with van der Waals surface area (Å²) in [4.78, 5) is 14.0. The predicted molar refractivity (Wildman–Crippen MR) is 69.8 cm³/mol. The number of hydrogen-bond donors (Lipinski definition) is 1. The highest BCUT2D eigenvalue weighted by Gasteiger charge is 2.20. The van der Waals surface area contributed by atoms with Crippen LogP contribution in [-0.2, 0) is 17.7 Å². The quantitative estimate of drug-likeness (QED) is 0.710. The zero-order chi connectivity index (χ0) is 13.7. The average Bonchev–Trinajstić information content (AvgIpc) is 3.05. The van der Waals surface area contributed by atoms with Gasteiger partial charge in [-0.15, -0.1) is 5.10 Å². The van der Waals surface area contributed by atoms with Gasteiger partial charge in [0.05, 0.1) is 19.3 Å². The zero-order valence-electron chi connectivity index (χ0n) is 11.3. The Labute approximate surface area is 112 Å². The number of methoxy groups -OCH3 is 1. The lowest BCUT2D eigenvalue weighted by Crippen LogP contribution is -2.25. The van der Waals surface area contributed by atoms with Gasteiger partial charge < -0.3 is 15.4 Å². The molecule has 1 fully saturated rings. The number of hydrogen-bond acceptors (Lipinski definition) is 6. The van der Waals surface area contributed by atoms with Gasteiger partial charge in [0.25, 0.3) is 0 Å². The minimum atomic E-state index is -0.448. The summed E-state index contributed by atoms with van der Waals surface area (Å²) in [5.41, 5.74) is 6.64. The molecule has 1 aromatic rings. The number of likely N-dealkylation sites (tertiary alicyclic amines) is 1. The second kappa shape index (κ2) is 6.63. The molecule has 7 heteroatoms. The molecule has 1 saturated heterocycles. The Morgan fingerprint density at radius 2 is 2.11 bits per heavy atom. The van der Waals surface area contributed by atoms with Gasteiger partial charge in [-0.1, -0.05) is 5.21 Å². The minimum Gasteiger partial charge on any atom is -0.464 e. The van der Waals surface area contributed by atoms with Crippen LogP contribution in [0.4, 0.5) is 0 Å². The van der Waals surface area contributed by atoms with Crippen LogP contribution in [0, 0.1) is 0 Å². The zero-order valence-corrected chi connectivity index (χ0v) is 11.3. The molecular formula is C12H21N5O2. The molecule has 1 aliphatic heterocycles. The number of ether oxygens (including phenoxy) is 1. The summed E-state index contributed by atoms with van der Waals surface area (Å²) in [6.45, 7) is 4.41. The molecule has 0 bridgehead atoms. The summed E-state index contributed by atoms with van der Waals surface area (Å²) in [6, 6.07) is 0. The fraction of sp³-hybridized carbons (Fsp3) is 0.750. The molecule has 19 heavy (non-hydrogen) atoms. The van der Waals surface area contributed by atoms with Crippen LogP contribution in [0.25, 0.3) is 0 Å². The van der Waals surface area contributed by atoms with Crippen LogP contribution in [0.3, 0.4) is 0 Å². The molecule has 0 amide bonds. The molecule has 0 aliphatic carbocycles. The Morgan fingerprint density at radius 3 is 2.74 bits per heavy atom. The fourth-order valence-electron chi connectivity index (χ4n) is 2.39. The summed E-state index contributed by atoms with van der Waals surface area (Å²) in [5, 5.41) is 7.96. The van der Waals surface area contributed by atoms with Gasteiger partial charge in [-0.05, 0) is 32.5 Å². The van der Waals surface area contributed by atoms with Gasteiger partial charge in [0, 0.05) is 13.0 Å². The normalized spacial score (nSPS) is 15.9. The van der Waals surface area contributed by atoms with Crippen molar-refractivity contribution in [1.29, 1.82) is 0 Å². The highest BCUT2D eigenvalue weighted by Crippen LogP contribution is 2.10. The van der Waals surface area contributed by atoms with Crippen LogP contribution in [0.5, 0.6) is 0 Å². The molecule has 0 radical (unpaired) electrons. The standard InChI is InChI=1S/C12H21N5O2/c1-19-12(18)11-10(4-5-13)17(15-14-11)9-8-16-6-2-3-7-16/h2-9,13H2,1H3. The van der Waals surface area contributed by atoms with Gasteiger partial charge in [-0.2, -0.15) is 0 Å². The van der Waals surface area contributed by atoms with Crippen LogP contribution in [0.15, 0.2) is 0 Å². The number of nitrogens with two attached hydrogens (primary N) is 1. The van der Waals surface area contributed by atoms with E-state index < -0.39 is 5.97 Å². The monoisotopic (exact) mass is 267 g/mol. The van der Waals surface area contributed by atoms with Crippen molar-refractivity contribution in [3.63, 3.8) is 0 Å². The van der Waals surface area contributed by atoms with Gasteiger partial charge >= 0.3 is 5.97 Å². The van der Waals surface area contributed by atoms with E-state index in [2.05, 4.69) is 15.2 Å². The first-order valence-corrected chi connectivity index (χ1v) is 6.69. The molecule has 0 aromatic carbocycles. The van der Waals surface area contributed by atoms with Crippen molar-refractivity contribution in [1.82, 2.24) is 19.9 Å². The topological polar surface area (TPSA) is 86.3 Å². The molecule has 0 spiro atoms. The van der Waals surface area contributed by atoms with Crippen LogP contribution >= 0.6 is 0 Å². The fourth-order valence-corrected chi connectivity index (χ4v) is 2.39. The van der Waals surface area contributed by atoms with E-state index in [0.717, 1.165) is 31.9 Å². The smallest absolute Gasteiger partial charge is 0.360 e. The summed E-state index contributed by atoms with van der Waals surface area (Å²) >= 11 is 0. The number of nitrogens with zero attached hydrogens (tertiary/aromatic N) is 4. The predicted octanol–water partition coefficient (Wildman–Crippen LogP) is -0.338. The minimum absolute atomic E-state index is 0.286. The van der Waals surface area contributed by atoms with Crippen LogP contribution in [-0.4, -0.2) is 59.2 Å². The van der Waals surface area contributed by atoms with Gasteiger partial charge in [-0.25, -0.2) is 9.48 Å². The highest BCUT2D eigenvalue weighted by molar-refractivity contribution is 5.88. The first kappa shape index (κ1) is 14.0. The maximum atomic E-state index is 11.6. The second-order valence-electron chi connectivity index (χ2n) is 4.69. The number of carbonyl (C=O) groups excluding carboxylic acids is 1. The van der Waals surface area contributed by atoms with Gasteiger partial charge in [0.1, 0.15) is 0 Å². The van der Waals surface area contributed by atoms with Crippen LogP contribution in [0.2, 0.25) is 0 Å². The van der Waals surface area contributed by atoms with E-state index in [1.165, 1.54) is 20.0 Å². The van der Waals surface area contributed by atoms with E-state index in [-0.39, 0.29) is 5.69 Å². The summed E-state index contributed by atoms with van der Waals surface area (Å²) in [5.74, 6) is -0.448. The summed E-state index contributed by atoms with van der Waals surface area (Å²) < 4.78 is 6.48. The molecule has 2 N–H and O–H groups in total. The van der Waals surface area contributed by atoms with E-state index in [9.17, 15) is 4.79 Å². The average molecular weight is 267 g/mol. The Bertz CT molecular complexity index is 426. The van der Waals surface area contributed by atoms with Crippen molar-refractivity contribution in [2.75, 3.05) is 33.3 Å². The Hall–Kier alpha value is -1.47. The Morgan fingerprint density at radius 1 is 1.37 bits per heavy atom. The molecule has 0 atom stereocenters. The largest absolute Gasteiger partial charge is 0.464 e. The van der Waals surface area contributed by atoms with Gasteiger partial charge in [-0.3, -0.25) is 0 Å². The van der Waals surface area contributed by atoms with Gasteiger partial charge in [0.15, 0.2) is 5.69 Å². The summed E-state index contributed by atoms with van der Waals surface area (Å²) in [6.07, 6.45) is 3.11. The molecule has 2 rings (SSSR count). The molecule has 0 unspecified atom stereocenters. The number of aromatic nitrogens is 3. The van der Waals surface area contributed by atoms with E-state index in [1.54, 1.807) is 4.68 Å². The first-order chi connectivity index (χ1) is 9.26. The number of carbonyl (C=O) groups is 1. The van der Waals surface area contributed by atoms with Gasteiger partial charge in [0.2, 0.25) is 0 Å². The molecule has 0 saturated carbocycles. The van der Waals surface area contributed by atoms with Crippen molar-refractivity contribution in [3.8, 4) is 0 Å². The van der Waals surface area contributed by atoms with Crippen molar-refractivity contribution in [2.45, 2.75) is 25.8 Å².